The number of amidine groups is 1. The average molecular weight is 467 g/mol. The normalized spacial score (nSPS) is 12.4. The Kier molecular flexibility index (Phi) is 11.7. The third kappa shape index (κ3) is 8.38. The molecule has 0 saturated carbocycles. The molecule has 1 aromatic carbocycles. The molecule has 2 aromatic rings. The first-order valence-electron chi connectivity index (χ1n) is 11.2. The van der Waals surface area contributed by atoms with E-state index in [1.165, 1.54) is 10.4 Å². The number of amides is 1. The van der Waals surface area contributed by atoms with E-state index in [0.29, 0.717) is 17.8 Å². The van der Waals surface area contributed by atoms with Crippen molar-refractivity contribution in [1.82, 2.24) is 25.2 Å². The van der Waals surface area contributed by atoms with Gasteiger partial charge in [0.15, 0.2) is 5.17 Å². The van der Waals surface area contributed by atoms with E-state index in [2.05, 4.69) is 47.5 Å². The number of allylic oxidation sites excluding steroid dienone is 2. The Labute approximate surface area is 201 Å². The van der Waals surface area contributed by atoms with E-state index >= 15 is 0 Å². The summed E-state index contributed by atoms with van der Waals surface area (Å²) in [7, 11) is 0. The van der Waals surface area contributed by atoms with Gasteiger partial charge in [0.2, 0.25) is 0 Å². The molecule has 0 atom stereocenters. The van der Waals surface area contributed by atoms with Crippen molar-refractivity contribution < 1.29 is 4.79 Å². The van der Waals surface area contributed by atoms with Gasteiger partial charge < -0.3 is 10.2 Å². The van der Waals surface area contributed by atoms with Crippen LogP contribution in [0.1, 0.15) is 43.5 Å². The van der Waals surface area contributed by atoms with Crippen LogP contribution in [-0.4, -0.2) is 56.4 Å². The Balaban J connectivity index is 0.000000890. The molecule has 0 aliphatic carbocycles. The highest BCUT2D eigenvalue weighted by atomic mass is 32.2. The summed E-state index contributed by atoms with van der Waals surface area (Å²) in [5.74, 6) is 0.803. The Bertz CT molecular complexity index is 946. The molecule has 8 heteroatoms. The smallest absolute Gasteiger partial charge is 0.256 e. The summed E-state index contributed by atoms with van der Waals surface area (Å²) in [6, 6.07) is 7.49. The minimum Gasteiger partial charge on any atom is -0.341 e. The number of rotatable bonds is 10. The first kappa shape index (κ1) is 26.1. The summed E-state index contributed by atoms with van der Waals surface area (Å²) < 4.78 is 0. The number of benzene rings is 1. The average Bonchev–Trinajstić information content (AvgIpc) is 3.41. The van der Waals surface area contributed by atoms with Crippen molar-refractivity contribution in [3.05, 3.63) is 79.3 Å². The van der Waals surface area contributed by atoms with Gasteiger partial charge in [-0.1, -0.05) is 69.5 Å². The third-order valence-corrected chi connectivity index (χ3v) is 5.79. The minimum atomic E-state index is 0.0126. The second-order valence-electron chi connectivity index (χ2n) is 7.22. The van der Waals surface area contributed by atoms with E-state index < -0.39 is 0 Å². The number of hydrogen-bond donors (Lipinski definition) is 1. The highest BCUT2D eigenvalue weighted by molar-refractivity contribution is 8.13. The maximum absolute atomic E-state index is 13.3. The zero-order valence-electron chi connectivity index (χ0n) is 19.6. The van der Waals surface area contributed by atoms with E-state index in [-0.39, 0.29) is 5.91 Å². The number of para-hydroxylation sites is 1. The Morgan fingerprint density at radius 3 is 2.52 bits per heavy atom. The standard InChI is InChI=1S/C21H28N6OS.C4H6/c1-3-5-12-26(13-14-29-21-22-15-17(4-2)16-23-21)20(28)18-8-6-7-9-19(18)27-24-10-11-25-27;1-3-4-2/h6-11,15H,3-5,12-14,16H2,1-2H3,(H,22,23);3-4H,1-2H2. The number of carbonyl (C=O) groups is 1. The Morgan fingerprint density at radius 1 is 1.18 bits per heavy atom. The molecule has 3 rings (SSSR count). The molecule has 0 radical (unpaired) electrons. The fraction of sp³-hybridized carbons (Fsp3) is 0.360. The molecule has 0 saturated heterocycles. The molecule has 1 amide bonds. The number of aliphatic imine (C=N–C) groups is 1. The summed E-state index contributed by atoms with van der Waals surface area (Å²) in [6.45, 7) is 13.1. The molecule has 1 aromatic heterocycles. The van der Waals surface area contributed by atoms with Gasteiger partial charge in [0.25, 0.3) is 5.91 Å². The molecular formula is C25H34N6OS. The van der Waals surface area contributed by atoms with E-state index in [1.807, 2.05) is 35.4 Å². The summed E-state index contributed by atoms with van der Waals surface area (Å²) in [5.41, 5.74) is 2.62. The molecule has 1 aliphatic heterocycles. The van der Waals surface area contributed by atoms with E-state index in [9.17, 15) is 4.79 Å². The number of aromatic nitrogens is 3. The molecule has 176 valence electrons. The Morgan fingerprint density at radius 2 is 1.91 bits per heavy atom. The summed E-state index contributed by atoms with van der Waals surface area (Å²) in [4.78, 5) is 21.3. The lowest BCUT2D eigenvalue weighted by molar-refractivity contribution is 0.0763. The molecule has 0 spiro atoms. The van der Waals surface area contributed by atoms with Crippen LogP contribution in [-0.2, 0) is 0 Å². The van der Waals surface area contributed by atoms with Crippen LogP contribution in [0.25, 0.3) is 5.69 Å². The highest BCUT2D eigenvalue weighted by Crippen LogP contribution is 2.17. The van der Waals surface area contributed by atoms with Gasteiger partial charge in [0, 0.05) is 25.0 Å². The van der Waals surface area contributed by atoms with Crippen LogP contribution in [0.2, 0.25) is 0 Å². The number of thioether (sulfide) groups is 1. The van der Waals surface area contributed by atoms with Gasteiger partial charge in [-0.2, -0.15) is 15.0 Å². The maximum atomic E-state index is 13.3. The van der Waals surface area contributed by atoms with Gasteiger partial charge in [-0.3, -0.25) is 9.79 Å². The predicted molar refractivity (Wildman–Crippen MR) is 139 cm³/mol. The van der Waals surface area contributed by atoms with E-state index in [4.69, 9.17) is 0 Å². The quantitative estimate of drug-likeness (QED) is 0.507. The van der Waals surface area contributed by atoms with Crippen molar-refractivity contribution in [3.63, 3.8) is 0 Å². The van der Waals surface area contributed by atoms with Crippen LogP contribution >= 0.6 is 11.8 Å². The third-order valence-electron chi connectivity index (χ3n) is 4.88. The van der Waals surface area contributed by atoms with Crippen LogP contribution in [0.15, 0.2) is 78.7 Å². The molecular weight excluding hydrogens is 432 g/mol. The van der Waals surface area contributed by atoms with Gasteiger partial charge in [-0.15, -0.1) is 0 Å². The number of hydrogen-bond acceptors (Lipinski definition) is 6. The van der Waals surface area contributed by atoms with Gasteiger partial charge in [0.1, 0.15) is 0 Å². The second kappa shape index (κ2) is 14.8. The van der Waals surface area contributed by atoms with Crippen molar-refractivity contribution in [2.24, 2.45) is 4.99 Å². The molecule has 1 aliphatic rings. The second-order valence-corrected chi connectivity index (χ2v) is 8.31. The lowest BCUT2D eigenvalue weighted by Crippen LogP contribution is -2.35. The number of nitrogens with zero attached hydrogens (tertiary/aromatic N) is 5. The fourth-order valence-electron chi connectivity index (χ4n) is 2.99. The summed E-state index contributed by atoms with van der Waals surface area (Å²) >= 11 is 1.66. The predicted octanol–water partition coefficient (Wildman–Crippen LogP) is 4.85. The van der Waals surface area contributed by atoms with Crippen molar-refractivity contribution in [2.75, 3.05) is 25.4 Å². The Hall–Kier alpha value is -3.13. The van der Waals surface area contributed by atoms with E-state index in [1.54, 1.807) is 36.3 Å². The SMILES string of the molecule is C=CC=C.CCCCN(CCSC1=NCC(CC)=CN1)C(=O)c1ccccc1-n1nccn1. The lowest BCUT2D eigenvalue weighted by atomic mass is 10.1. The van der Waals surface area contributed by atoms with Crippen molar-refractivity contribution >= 4 is 22.8 Å². The molecule has 2 heterocycles. The first-order chi connectivity index (χ1) is 16.1. The highest BCUT2D eigenvalue weighted by Gasteiger charge is 2.20. The van der Waals surface area contributed by atoms with Crippen LogP contribution < -0.4 is 5.32 Å². The maximum Gasteiger partial charge on any atom is 0.256 e. The molecule has 33 heavy (non-hydrogen) atoms. The minimum absolute atomic E-state index is 0.0126. The van der Waals surface area contributed by atoms with Gasteiger partial charge in [-0.25, -0.2) is 0 Å². The van der Waals surface area contributed by atoms with Crippen LogP contribution in [0.3, 0.4) is 0 Å². The monoisotopic (exact) mass is 466 g/mol. The zero-order chi connectivity index (χ0) is 23.9. The van der Waals surface area contributed by atoms with Crippen molar-refractivity contribution in [3.8, 4) is 5.69 Å². The van der Waals surface area contributed by atoms with Gasteiger partial charge in [-0.05, 0) is 30.5 Å². The van der Waals surface area contributed by atoms with Gasteiger partial charge >= 0.3 is 0 Å². The summed E-state index contributed by atoms with van der Waals surface area (Å²) in [5, 5.41) is 12.6. The first-order valence-corrected chi connectivity index (χ1v) is 12.2. The molecule has 0 fully saturated rings. The molecule has 7 nitrogen and oxygen atoms in total. The largest absolute Gasteiger partial charge is 0.341 e. The van der Waals surface area contributed by atoms with Crippen LogP contribution in [0.4, 0.5) is 0 Å². The number of nitrogens with one attached hydrogen (secondary N) is 1. The number of unbranched alkanes of at least 4 members (excludes halogenated alkanes) is 1. The molecule has 0 bridgehead atoms. The van der Waals surface area contributed by atoms with Crippen molar-refractivity contribution in [1.29, 1.82) is 0 Å². The van der Waals surface area contributed by atoms with Crippen LogP contribution in [0.5, 0.6) is 0 Å². The lowest BCUT2D eigenvalue weighted by Gasteiger charge is -2.24. The topological polar surface area (TPSA) is 75.4 Å². The van der Waals surface area contributed by atoms with E-state index in [0.717, 1.165) is 43.3 Å². The van der Waals surface area contributed by atoms with Crippen LogP contribution in [0, 0.1) is 0 Å². The molecule has 1 N–H and O–H groups in total. The molecule has 0 unspecified atom stereocenters. The number of carbonyl (C=O) groups excluding carboxylic acids is 1. The fourth-order valence-corrected chi connectivity index (χ4v) is 3.79. The summed E-state index contributed by atoms with van der Waals surface area (Å²) in [6.07, 6.45) is 11.6. The van der Waals surface area contributed by atoms with Crippen molar-refractivity contribution in [2.45, 2.75) is 33.1 Å². The van der Waals surface area contributed by atoms with Gasteiger partial charge in [0.05, 0.1) is 30.2 Å². The zero-order valence-corrected chi connectivity index (χ0v) is 20.4.